The van der Waals surface area contributed by atoms with Crippen LogP contribution in [0.25, 0.3) is 55.4 Å². The Balaban J connectivity index is 1.23. The Bertz CT molecular complexity index is 2200. The number of furan rings is 1. The molecule has 0 bridgehead atoms. The zero-order valence-electron chi connectivity index (χ0n) is 24.0. The molecule has 0 N–H and O–H groups in total. The molecule has 8 aromatic rings. The Morgan fingerprint density at radius 1 is 0.432 bits per heavy atom. The molecule has 0 aliphatic rings. The maximum atomic E-state index is 6.26. The molecule has 2 aromatic heterocycles. The van der Waals surface area contributed by atoms with E-state index in [0.717, 1.165) is 50.3 Å². The van der Waals surface area contributed by atoms with Gasteiger partial charge < -0.3 is 9.32 Å². The molecule has 0 aliphatic carbocycles. The lowest BCUT2D eigenvalue weighted by atomic mass is 9.99. The molecule has 3 nitrogen and oxygen atoms in total. The van der Waals surface area contributed by atoms with Crippen LogP contribution < -0.4 is 4.90 Å². The highest BCUT2D eigenvalue weighted by Gasteiger charge is 2.19. The number of benzene rings is 6. The van der Waals surface area contributed by atoms with Crippen molar-refractivity contribution in [3.05, 3.63) is 170 Å². The molecule has 0 saturated heterocycles. The van der Waals surface area contributed by atoms with Crippen LogP contribution in [-0.2, 0) is 0 Å². The summed E-state index contributed by atoms with van der Waals surface area (Å²) in [5, 5.41) is 1.01. The van der Waals surface area contributed by atoms with Gasteiger partial charge in [0.2, 0.25) is 0 Å². The van der Waals surface area contributed by atoms with Crippen LogP contribution in [0.2, 0.25) is 0 Å². The largest absolute Gasteiger partial charge is 0.454 e. The van der Waals surface area contributed by atoms with Crippen molar-refractivity contribution >= 4 is 39.1 Å². The molecule has 0 unspecified atom stereocenters. The Morgan fingerprint density at radius 2 is 1.00 bits per heavy atom. The molecule has 208 valence electrons. The molecule has 6 aromatic carbocycles. The lowest BCUT2D eigenvalue weighted by Gasteiger charge is -2.28. The van der Waals surface area contributed by atoms with Gasteiger partial charge in [-0.3, -0.25) is 4.98 Å². The first-order valence-corrected chi connectivity index (χ1v) is 14.8. The van der Waals surface area contributed by atoms with E-state index in [4.69, 9.17) is 4.42 Å². The highest BCUT2D eigenvalue weighted by Crippen LogP contribution is 2.42. The smallest absolute Gasteiger partial charge is 0.153 e. The minimum absolute atomic E-state index is 0.790. The van der Waals surface area contributed by atoms with Gasteiger partial charge in [0, 0.05) is 34.6 Å². The van der Waals surface area contributed by atoms with Gasteiger partial charge in [-0.2, -0.15) is 0 Å². The minimum Gasteiger partial charge on any atom is -0.454 e. The second-order valence-corrected chi connectivity index (χ2v) is 10.8. The van der Waals surface area contributed by atoms with Crippen LogP contribution in [0, 0.1) is 0 Å². The fraction of sp³-hybridized carbons (Fsp3) is 0. The first-order valence-electron chi connectivity index (χ1n) is 14.8. The Kier molecular flexibility index (Phi) is 6.47. The zero-order valence-corrected chi connectivity index (χ0v) is 24.0. The molecule has 44 heavy (non-hydrogen) atoms. The van der Waals surface area contributed by atoms with E-state index in [1.807, 2.05) is 24.4 Å². The van der Waals surface area contributed by atoms with E-state index < -0.39 is 0 Å². The molecule has 8 rings (SSSR count). The maximum Gasteiger partial charge on any atom is 0.153 e. The van der Waals surface area contributed by atoms with E-state index in [1.54, 1.807) is 0 Å². The number of nitrogens with zero attached hydrogens (tertiary/aromatic N) is 2. The molecule has 0 aliphatic heterocycles. The van der Waals surface area contributed by atoms with Gasteiger partial charge in [0.1, 0.15) is 11.1 Å². The van der Waals surface area contributed by atoms with Crippen LogP contribution in [0.1, 0.15) is 0 Å². The van der Waals surface area contributed by atoms with E-state index in [0.29, 0.717) is 0 Å². The molecular weight excluding hydrogens is 536 g/mol. The number of pyridine rings is 1. The average Bonchev–Trinajstić information content (AvgIpc) is 3.48. The van der Waals surface area contributed by atoms with Crippen molar-refractivity contribution in [1.82, 2.24) is 4.98 Å². The molecule has 0 amide bonds. The first kappa shape index (κ1) is 25.8. The van der Waals surface area contributed by atoms with Gasteiger partial charge in [0.05, 0.1) is 5.69 Å². The van der Waals surface area contributed by atoms with Gasteiger partial charge in [0.15, 0.2) is 5.58 Å². The van der Waals surface area contributed by atoms with Crippen LogP contribution in [0.3, 0.4) is 0 Å². The zero-order chi connectivity index (χ0) is 29.3. The second kappa shape index (κ2) is 11.0. The van der Waals surface area contributed by atoms with E-state index in [1.165, 1.54) is 22.3 Å². The summed E-state index contributed by atoms with van der Waals surface area (Å²) in [6.07, 6.45) is 1.81. The SMILES string of the molecule is c1ccc(-c2ccc(-c3ccc(N(c4ccc5c(c4)oc4cccnc45)c4ccccc4-c4ccccc4)cc3)cc2)cc1. The van der Waals surface area contributed by atoms with Crippen LogP contribution in [0.15, 0.2) is 174 Å². The molecular formula is C41H28N2O. The molecule has 2 heterocycles. The summed E-state index contributed by atoms with van der Waals surface area (Å²) in [7, 11) is 0. The third kappa shape index (κ3) is 4.71. The molecule has 0 saturated carbocycles. The van der Waals surface area contributed by atoms with Crippen molar-refractivity contribution in [2.24, 2.45) is 0 Å². The second-order valence-electron chi connectivity index (χ2n) is 10.8. The van der Waals surface area contributed by atoms with Crippen LogP contribution in [0.5, 0.6) is 0 Å². The van der Waals surface area contributed by atoms with Crippen molar-refractivity contribution < 1.29 is 4.42 Å². The van der Waals surface area contributed by atoms with Gasteiger partial charge in [0.25, 0.3) is 0 Å². The predicted octanol–water partition coefficient (Wildman–Crippen LogP) is 11.5. The monoisotopic (exact) mass is 564 g/mol. The van der Waals surface area contributed by atoms with Gasteiger partial charge in [-0.25, -0.2) is 0 Å². The number of para-hydroxylation sites is 1. The van der Waals surface area contributed by atoms with E-state index in [-0.39, 0.29) is 0 Å². The normalized spacial score (nSPS) is 11.2. The molecule has 3 heteroatoms. The van der Waals surface area contributed by atoms with Gasteiger partial charge in [-0.15, -0.1) is 0 Å². The van der Waals surface area contributed by atoms with E-state index in [2.05, 4.69) is 155 Å². The Hall–Kier alpha value is -5.93. The van der Waals surface area contributed by atoms with E-state index >= 15 is 0 Å². The van der Waals surface area contributed by atoms with Crippen molar-refractivity contribution in [3.63, 3.8) is 0 Å². The summed E-state index contributed by atoms with van der Waals surface area (Å²) in [5.74, 6) is 0. The fourth-order valence-electron chi connectivity index (χ4n) is 5.97. The van der Waals surface area contributed by atoms with Crippen molar-refractivity contribution in [2.75, 3.05) is 4.90 Å². The number of hydrogen-bond acceptors (Lipinski definition) is 3. The highest BCUT2D eigenvalue weighted by molar-refractivity contribution is 6.04. The molecule has 0 fully saturated rings. The third-order valence-corrected chi connectivity index (χ3v) is 8.15. The van der Waals surface area contributed by atoms with Crippen LogP contribution >= 0.6 is 0 Å². The number of hydrogen-bond donors (Lipinski definition) is 0. The Labute approximate surface area is 256 Å². The highest BCUT2D eigenvalue weighted by atomic mass is 16.3. The standard InChI is InChI=1S/C41H28N2O/c1-3-10-29(11-4-1)30-17-19-31(20-18-30)32-21-23-34(24-22-32)43(38-15-8-7-14-36(38)33-12-5-2-6-13-33)35-25-26-37-40(28-35)44-39-16-9-27-42-41(37)39/h1-28H. The predicted molar refractivity (Wildman–Crippen MR) is 183 cm³/mol. The molecule has 0 spiro atoms. The quantitative estimate of drug-likeness (QED) is 0.201. The van der Waals surface area contributed by atoms with Crippen molar-refractivity contribution in [3.8, 4) is 33.4 Å². The summed E-state index contributed by atoms with van der Waals surface area (Å²) < 4.78 is 6.26. The first-order chi connectivity index (χ1) is 21.8. The van der Waals surface area contributed by atoms with Crippen LogP contribution in [0.4, 0.5) is 17.1 Å². The summed E-state index contributed by atoms with van der Waals surface area (Å²) >= 11 is 0. The molecule has 0 atom stereocenters. The van der Waals surface area contributed by atoms with Crippen molar-refractivity contribution in [2.45, 2.75) is 0 Å². The van der Waals surface area contributed by atoms with Gasteiger partial charge >= 0.3 is 0 Å². The molecule has 0 radical (unpaired) electrons. The number of rotatable bonds is 6. The fourth-order valence-corrected chi connectivity index (χ4v) is 5.97. The summed E-state index contributed by atoms with van der Waals surface area (Å²) in [6.45, 7) is 0. The number of aromatic nitrogens is 1. The van der Waals surface area contributed by atoms with E-state index in [9.17, 15) is 0 Å². The topological polar surface area (TPSA) is 29.3 Å². The number of anilines is 3. The third-order valence-electron chi connectivity index (χ3n) is 8.15. The van der Waals surface area contributed by atoms with Gasteiger partial charge in [-0.1, -0.05) is 115 Å². The van der Waals surface area contributed by atoms with Crippen molar-refractivity contribution in [1.29, 1.82) is 0 Å². The Morgan fingerprint density at radius 3 is 1.70 bits per heavy atom. The summed E-state index contributed by atoms with van der Waals surface area (Å²) in [4.78, 5) is 6.88. The summed E-state index contributed by atoms with van der Waals surface area (Å²) in [5.41, 5.74) is 12.8. The van der Waals surface area contributed by atoms with Crippen LogP contribution in [-0.4, -0.2) is 4.98 Å². The average molecular weight is 565 g/mol. The van der Waals surface area contributed by atoms with Gasteiger partial charge in [-0.05, 0) is 70.3 Å². The number of fused-ring (bicyclic) bond motifs is 3. The maximum absolute atomic E-state index is 6.26. The minimum atomic E-state index is 0.790. The summed E-state index contributed by atoms with van der Waals surface area (Å²) in [6, 6.07) is 57.5. The lowest BCUT2D eigenvalue weighted by molar-refractivity contribution is 0.668. The lowest BCUT2D eigenvalue weighted by Crippen LogP contribution is -2.11.